The SMILES string of the molecule is CNCC1CCC(Cn2nnc3ccccc32)O1. The molecular formula is C13H18N4O. The minimum Gasteiger partial charge on any atom is -0.372 e. The molecule has 2 atom stereocenters. The molecule has 2 aromatic rings. The van der Waals surface area contributed by atoms with E-state index in [0.29, 0.717) is 6.10 Å². The van der Waals surface area contributed by atoms with Crippen LogP contribution in [-0.4, -0.2) is 40.8 Å². The Morgan fingerprint density at radius 1 is 1.33 bits per heavy atom. The van der Waals surface area contributed by atoms with Gasteiger partial charge < -0.3 is 10.1 Å². The molecular weight excluding hydrogens is 228 g/mol. The molecule has 96 valence electrons. The Kier molecular flexibility index (Phi) is 3.25. The van der Waals surface area contributed by atoms with Crippen molar-refractivity contribution in [3.8, 4) is 0 Å². The van der Waals surface area contributed by atoms with Crippen molar-refractivity contribution in [2.45, 2.75) is 31.6 Å². The summed E-state index contributed by atoms with van der Waals surface area (Å²) < 4.78 is 7.92. The van der Waals surface area contributed by atoms with Crippen LogP contribution < -0.4 is 5.32 Å². The number of aromatic nitrogens is 3. The van der Waals surface area contributed by atoms with Gasteiger partial charge in [-0.1, -0.05) is 17.3 Å². The fraction of sp³-hybridized carbons (Fsp3) is 0.538. The zero-order valence-corrected chi connectivity index (χ0v) is 10.5. The number of hydrogen-bond acceptors (Lipinski definition) is 4. The van der Waals surface area contributed by atoms with Gasteiger partial charge in [-0.15, -0.1) is 5.10 Å². The van der Waals surface area contributed by atoms with Crippen LogP contribution in [0.5, 0.6) is 0 Å². The molecule has 0 bridgehead atoms. The summed E-state index contributed by atoms with van der Waals surface area (Å²) in [6, 6.07) is 8.03. The molecule has 1 aliphatic rings. The molecule has 1 saturated heterocycles. The van der Waals surface area contributed by atoms with Gasteiger partial charge in [-0.05, 0) is 32.0 Å². The van der Waals surface area contributed by atoms with E-state index >= 15 is 0 Å². The molecule has 1 aliphatic heterocycles. The predicted octanol–water partition coefficient (Wildman–Crippen LogP) is 1.20. The summed E-state index contributed by atoms with van der Waals surface area (Å²) in [6.07, 6.45) is 2.82. The van der Waals surface area contributed by atoms with Crippen molar-refractivity contribution in [1.29, 1.82) is 0 Å². The molecule has 0 spiro atoms. The number of nitrogens with zero attached hydrogens (tertiary/aromatic N) is 3. The van der Waals surface area contributed by atoms with Crippen molar-refractivity contribution < 1.29 is 4.74 Å². The van der Waals surface area contributed by atoms with E-state index in [-0.39, 0.29) is 6.10 Å². The highest BCUT2D eigenvalue weighted by Crippen LogP contribution is 2.21. The number of rotatable bonds is 4. The van der Waals surface area contributed by atoms with Crippen LogP contribution in [0.2, 0.25) is 0 Å². The second kappa shape index (κ2) is 5.04. The highest BCUT2D eigenvalue weighted by molar-refractivity contribution is 5.73. The maximum Gasteiger partial charge on any atom is 0.113 e. The zero-order chi connectivity index (χ0) is 12.4. The molecule has 0 saturated carbocycles. The quantitative estimate of drug-likeness (QED) is 0.880. The molecule has 0 radical (unpaired) electrons. The van der Waals surface area contributed by atoms with E-state index in [1.54, 1.807) is 0 Å². The molecule has 18 heavy (non-hydrogen) atoms. The van der Waals surface area contributed by atoms with E-state index < -0.39 is 0 Å². The lowest BCUT2D eigenvalue weighted by atomic mass is 10.2. The number of benzene rings is 1. The standard InChI is InChI=1S/C13H18N4O/c1-14-8-10-6-7-11(18-10)9-17-13-5-3-2-4-12(13)15-16-17/h2-5,10-11,14H,6-9H2,1H3. The van der Waals surface area contributed by atoms with E-state index in [1.165, 1.54) is 0 Å². The number of para-hydroxylation sites is 1. The Balaban J connectivity index is 1.70. The second-order valence-corrected chi connectivity index (χ2v) is 4.78. The van der Waals surface area contributed by atoms with Gasteiger partial charge in [-0.3, -0.25) is 0 Å². The maximum absolute atomic E-state index is 5.97. The van der Waals surface area contributed by atoms with Gasteiger partial charge in [0.15, 0.2) is 0 Å². The van der Waals surface area contributed by atoms with Crippen molar-refractivity contribution in [3.05, 3.63) is 24.3 Å². The first-order valence-electron chi connectivity index (χ1n) is 6.45. The summed E-state index contributed by atoms with van der Waals surface area (Å²) in [5.41, 5.74) is 2.03. The number of nitrogens with one attached hydrogen (secondary N) is 1. The molecule has 3 rings (SSSR count). The van der Waals surface area contributed by atoms with Crippen LogP contribution in [0.4, 0.5) is 0 Å². The van der Waals surface area contributed by atoms with Gasteiger partial charge >= 0.3 is 0 Å². The molecule has 5 nitrogen and oxygen atoms in total. The summed E-state index contributed by atoms with van der Waals surface area (Å²) in [6.45, 7) is 1.72. The fourth-order valence-corrected chi connectivity index (χ4v) is 2.54. The van der Waals surface area contributed by atoms with Crippen molar-refractivity contribution in [1.82, 2.24) is 20.3 Å². The summed E-state index contributed by atoms with van der Waals surface area (Å²) in [5.74, 6) is 0. The topological polar surface area (TPSA) is 52.0 Å². The van der Waals surface area contributed by atoms with Crippen LogP contribution in [0.3, 0.4) is 0 Å². The van der Waals surface area contributed by atoms with Crippen molar-refractivity contribution >= 4 is 11.0 Å². The highest BCUT2D eigenvalue weighted by Gasteiger charge is 2.25. The average Bonchev–Trinajstić information content (AvgIpc) is 2.99. The van der Waals surface area contributed by atoms with Gasteiger partial charge in [0.25, 0.3) is 0 Å². The summed E-state index contributed by atoms with van der Waals surface area (Å²) in [5, 5.41) is 11.5. The van der Waals surface area contributed by atoms with E-state index in [2.05, 4.69) is 21.7 Å². The molecule has 1 aromatic heterocycles. The van der Waals surface area contributed by atoms with Crippen molar-refractivity contribution in [2.75, 3.05) is 13.6 Å². The Morgan fingerprint density at radius 3 is 3.06 bits per heavy atom. The number of ether oxygens (including phenoxy) is 1. The first-order valence-corrected chi connectivity index (χ1v) is 6.45. The van der Waals surface area contributed by atoms with Crippen LogP contribution in [0.15, 0.2) is 24.3 Å². The Labute approximate surface area is 106 Å². The van der Waals surface area contributed by atoms with Gasteiger partial charge in [-0.2, -0.15) is 0 Å². The molecule has 0 amide bonds. The highest BCUT2D eigenvalue weighted by atomic mass is 16.5. The Hall–Kier alpha value is -1.46. The third-order valence-corrected chi connectivity index (χ3v) is 3.42. The number of likely N-dealkylation sites (N-methyl/N-ethyl adjacent to an activating group) is 1. The minimum atomic E-state index is 0.258. The van der Waals surface area contributed by atoms with Crippen LogP contribution in [-0.2, 0) is 11.3 Å². The lowest BCUT2D eigenvalue weighted by molar-refractivity contribution is 0.0356. The first kappa shape index (κ1) is 11.6. The van der Waals surface area contributed by atoms with Crippen LogP contribution in [0.1, 0.15) is 12.8 Å². The number of fused-ring (bicyclic) bond motifs is 1. The van der Waals surface area contributed by atoms with E-state index in [9.17, 15) is 0 Å². The lowest BCUT2D eigenvalue weighted by Gasteiger charge is -2.13. The molecule has 1 N–H and O–H groups in total. The predicted molar refractivity (Wildman–Crippen MR) is 69.3 cm³/mol. The average molecular weight is 246 g/mol. The van der Waals surface area contributed by atoms with Crippen LogP contribution in [0, 0.1) is 0 Å². The molecule has 2 unspecified atom stereocenters. The molecule has 1 fully saturated rings. The van der Waals surface area contributed by atoms with Gasteiger partial charge in [0.1, 0.15) is 5.52 Å². The summed E-state index contributed by atoms with van der Waals surface area (Å²) in [7, 11) is 1.96. The first-order chi connectivity index (χ1) is 8.86. The Morgan fingerprint density at radius 2 is 2.17 bits per heavy atom. The van der Waals surface area contributed by atoms with E-state index in [4.69, 9.17) is 4.74 Å². The molecule has 0 aliphatic carbocycles. The summed E-state index contributed by atoms with van der Waals surface area (Å²) in [4.78, 5) is 0. The van der Waals surface area contributed by atoms with Gasteiger partial charge in [0, 0.05) is 6.54 Å². The molecule has 2 heterocycles. The van der Waals surface area contributed by atoms with Crippen LogP contribution >= 0.6 is 0 Å². The minimum absolute atomic E-state index is 0.258. The van der Waals surface area contributed by atoms with Crippen LogP contribution in [0.25, 0.3) is 11.0 Å². The Bertz CT molecular complexity index is 524. The summed E-state index contributed by atoms with van der Waals surface area (Å²) >= 11 is 0. The monoisotopic (exact) mass is 246 g/mol. The normalized spacial score (nSPS) is 23.8. The third-order valence-electron chi connectivity index (χ3n) is 3.42. The van der Waals surface area contributed by atoms with Gasteiger partial charge in [-0.25, -0.2) is 4.68 Å². The van der Waals surface area contributed by atoms with Crippen molar-refractivity contribution in [3.63, 3.8) is 0 Å². The maximum atomic E-state index is 5.97. The molecule has 1 aromatic carbocycles. The third kappa shape index (κ3) is 2.23. The number of hydrogen-bond donors (Lipinski definition) is 1. The van der Waals surface area contributed by atoms with E-state index in [1.807, 2.05) is 29.9 Å². The van der Waals surface area contributed by atoms with Gasteiger partial charge in [0.05, 0.1) is 24.3 Å². The fourth-order valence-electron chi connectivity index (χ4n) is 2.54. The van der Waals surface area contributed by atoms with Gasteiger partial charge in [0.2, 0.25) is 0 Å². The zero-order valence-electron chi connectivity index (χ0n) is 10.5. The largest absolute Gasteiger partial charge is 0.372 e. The van der Waals surface area contributed by atoms with E-state index in [0.717, 1.165) is 37.0 Å². The lowest BCUT2D eigenvalue weighted by Crippen LogP contribution is -2.25. The molecule has 5 heteroatoms. The van der Waals surface area contributed by atoms with Crippen molar-refractivity contribution in [2.24, 2.45) is 0 Å². The second-order valence-electron chi connectivity index (χ2n) is 4.78. The smallest absolute Gasteiger partial charge is 0.113 e.